The van der Waals surface area contributed by atoms with Crippen LogP contribution in [0.3, 0.4) is 0 Å². The Morgan fingerprint density at radius 2 is 1.83 bits per heavy atom. The standard InChI is InChI=1S/C18H37N3O2.HI/c1-16-7-9-17(10-8-16)15-21(3)18(19-2)20-11-5-6-12-23-14-13-22-4;/h16-17H,5-15H2,1-4H3,(H,19,20);1H. The van der Waals surface area contributed by atoms with E-state index in [1.54, 1.807) is 7.11 Å². The molecule has 5 nitrogen and oxygen atoms in total. The van der Waals surface area contributed by atoms with E-state index in [9.17, 15) is 0 Å². The number of nitrogens with one attached hydrogen (secondary N) is 1. The lowest BCUT2D eigenvalue weighted by molar-refractivity contribution is 0.0689. The number of aliphatic imine (C=N–C) groups is 1. The molecule has 0 spiro atoms. The zero-order valence-corrected chi connectivity index (χ0v) is 18.4. The molecule has 0 aromatic rings. The van der Waals surface area contributed by atoms with E-state index in [2.05, 4.69) is 29.2 Å². The molecular formula is C18H38IN3O2. The minimum Gasteiger partial charge on any atom is -0.382 e. The second-order valence-electron chi connectivity index (χ2n) is 6.79. The molecule has 24 heavy (non-hydrogen) atoms. The monoisotopic (exact) mass is 455 g/mol. The van der Waals surface area contributed by atoms with Gasteiger partial charge in [-0.25, -0.2) is 0 Å². The first-order valence-corrected chi connectivity index (χ1v) is 9.15. The van der Waals surface area contributed by atoms with Crippen molar-refractivity contribution in [2.45, 2.75) is 45.4 Å². The van der Waals surface area contributed by atoms with Gasteiger partial charge in [-0.05, 0) is 37.5 Å². The first-order chi connectivity index (χ1) is 11.2. The van der Waals surface area contributed by atoms with Gasteiger partial charge in [-0.1, -0.05) is 19.8 Å². The van der Waals surface area contributed by atoms with Gasteiger partial charge in [-0.15, -0.1) is 24.0 Å². The zero-order valence-electron chi connectivity index (χ0n) is 16.1. The molecule has 0 bridgehead atoms. The van der Waals surface area contributed by atoms with Crippen LogP contribution in [0.2, 0.25) is 0 Å². The Labute approximate surface area is 166 Å². The summed E-state index contributed by atoms with van der Waals surface area (Å²) in [4.78, 5) is 6.70. The first kappa shape index (κ1) is 23.9. The van der Waals surface area contributed by atoms with Crippen molar-refractivity contribution in [1.29, 1.82) is 0 Å². The molecule has 0 radical (unpaired) electrons. The second kappa shape index (κ2) is 15.2. The highest BCUT2D eigenvalue weighted by molar-refractivity contribution is 14.0. The molecule has 0 unspecified atom stereocenters. The van der Waals surface area contributed by atoms with Crippen LogP contribution in [0.15, 0.2) is 4.99 Å². The highest BCUT2D eigenvalue weighted by Gasteiger charge is 2.20. The van der Waals surface area contributed by atoms with Crippen molar-refractivity contribution in [3.63, 3.8) is 0 Å². The molecule has 6 heteroatoms. The number of ether oxygens (including phenoxy) is 2. The molecule has 1 N–H and O–H groups in total. The number of unbranched alkanes of at least 4 members (excludes halogenated alkanes) is 1. The van der Waals surface area contributed by atoms with Gasteiger partial charge in [0.05, 0.1) is 13.2 Å². The lowest BCUT2D eigenvalue weighted by Gasteiger charge is -2.31. The quantitative estimate of drug-likeness (QED) is 0.238. The highest BCUT2D eigenvalue weighted by Crippen LogP contribution is 2.28. The van der Waals surface area contributed by atoms with Gasteiger partial charge in [0.1, 0.15) is 0 Å². The summed E-state index contributed by atoms with van der Waals surface area (Å²) in [5.74, 6) is 2.76. The van der Waals surface area contributed by atoms with Crippen molar-refractivity contribution in [3.8, 4) is 0 Å². The number of halogens is 1. The summed E-state index contributed by atoms with van der Waals surface area (Å²) in [7, 11) is 5.72. The van der Waals surface area contributed by atoms with Crippen molar-refractivity contribution < 1.29 is 9.47 Å². The van der Waals surface area contributed by atoms with Crippen molar-refractivity contribution >= 4 is 29.9 Å². The predicted molar refractivity (Wildman–Crippen MR) is 112 cm³/mol. The average molecular weight is 455 g/mol. The molecule has 1 aliphatic carbocycles. The summed E-state index contributed by atoms with van der Waals surface area (Å²) in [6.45, 7) is 6.61. The van der Waals surface area contributed by atoms with Gasteiger partial charge in [0, 0.05) is 40.9 Å². The van der Waals surface area contributed by atoms with Crippen LogP contribution in [0, 0.1) is 11.8 Å². The Morgan fingerprint density at radius 1 is 1.12 bits per heavy atom. The van der Waals surface area contributed by atoms with E-state index in [1.165, 1.54) is 25.7 Å². The van der Waals surface area contributed by atoms with Gasteiger partial charge < -0.3 is 19.7 Å². The van der Waals surface area contributed by atoms with Crippen molar-refractivity contribution in [2.75, 3.05) is 54.1 Å². The van der Waals surface area contributed by atoms with Gasteiger partial charge >= 0.3 is 0 Å². The average Bonchev–Trinajstić information content (AvgIpc) is 2.55. The fourth-order valence-corrected chi connectivity index (χ4v) is 3.14. The van der Waals surface area contributed by atoms with Crippen LogP contribution in [-0.2, 0) is 9.47 Å². The molecule has 1 rings (SSSR count). The Bertz CT molecular complexity index is 321. The maximum Gasteiger partial charge on any atom is 0.193 e. The van der Waals surface area contributed by atoms with E-state index >= 15 is 0 Å². The highest BCUT2D eigenvalue weighted by atomic mass is 127. The third-order valence-electron chi connectivity index (χ3n) is 4.67. The van der Waals surface area contributed by atoms with E-state index < -0.39 is 0 Å². The molecule has 0 aromatic carbocycles. The van der Waals surface area contributed by atoms with Crippen LogP contribution in [0.5, 0.6) is 0 Å². The summed E-state index contributed by atoms with van der Waals surface area (Å²) < 4.78 is 10.4. The molecule has 1 aliphatic rings. The predicted octanol–water partition coefficient (Wildman–Crippen LogP) is 3.38. The van der Waals surface area contributed by atoms with E-state index in [0.29, 0.717) is 13.2 Å². The molecule has 0 aromatic heterocycles. The fraction of sp³-hybridized carbons (Fsp3) is 0.944. The SMILES string of the molecule is CN=C(NCCCCOCCOC)N(C)CC1CCC(C)CC1.I. The van der Waals surface area contributed by atoms with Gasteiger partial charge in [0.25, 0.3) is 0 Å². The van der Waals surface area contributed by atoms with E-state index in [1.807, 2.05) is 7.05 Å². The summed E-state index contributed by atoms with van der Waals surface area (Å²) in [6, 6.07) is 0. The zero-order chi connectivity index (χ0) is 16.9. The second-order valence-corrected chi connectivity index (χ2v) is 6.79. The molecular weight excluding hydrogens is 417 g/mol. The topological polar surface area (TPSA) is 46.1 Å². The van der Waals surface area contributed by atoms with E-state index in [0.717, 1.165) is 50.3 Å². The van der Waals surface area contributed by atoms with Crippen molar-refractivity contribution in [3.05, 3.63) is 0 Å². The summed E-state index contributed by atoms with van der Waals surface area (Å²) in [5, 5.41) is 3.47. The molecule has 0 aliphatic heterocycles. The number of hydrogen-bond donors (Lipinski definition) is 1. The largest absolute Gasteiger partial charge is 0.382 e. The lowest BCUT2D eigenvalue weighted by atomic mass is 9.83. The molecule has 0 atom stereocenters. The van der Waals surface area contributed by atoms with Crippen LogP contribution in [-0.4, -0.2) is 65.0 Å². The molecule has 144 valence electrons. The number of rotatable bonds is 10. The van der Waals surface area contributed by atoms with Gasteiger partial charge in [-0.3, -0.25) is 4.99 Å². The number of guanidine groups is 1. The van der Waals surface area contributed by atoms with E-state index in [4.69, 9.17) is 9.47 Å². The third-order valence-corrected chi connectivity index (χ3v) is 4.67. The van der Waals surface area contributed by atoms with Crippen molar-refractivity contribution in [1.82, 2.24) is 10.2 Å². The van der Waals surface area contributed by atoms with Crippen LogP contribution in [0.4, 0.5) is 0 Å². The molecule has 1 saturated carbocycles. The number of hydrogen-bond acceptors (Lipinski definition) is 3. The van der Waals surface area contributed by atoms with Crippen LogP contribution >= 0.6 is 24.0 Å². The summed E-state index contributed by atoms with van der Waals surface area (Å²) in [6.07, 6.45) is 7.66. The van der Waals surface area contributed by atoms with Crippen LogP contribution < -0.4 is 5.32 Å². The lowest BCUT2D eigenvalue weighted by Crippen LogP contribution is -2.42. The van der Waals surface area contributed by atoms with Gasteiger partial charge in [0.15, 0.2) is 5.96 Å². The molecule has 0 amide bonds. The number of methoxy groups -OCH3 is 1. The fourth-order valence-electron chi connectivity index (χ4n) is 3.14. The maximum absolute atomic E-state index is 5.47. The maximum atomic E-state index is 5.47. The normalized spacial score (nSPS) is 21.2. The first-order valence-electron chi connectivity index (χ1n) is 9.15. The molecule has 1 fully saturated rings. The Balaban J connectivity index is 0.00000529. The summed E-state index contributed by atoms with van der Waals surface area (Å²) in [5.41, 5.74) is 0. The third kappa shape index (κ3) is 10.7. The van der Waals surface area contributed by atoms with Crippen LogP contribution in [0.25, 0.3) is 0 Å². The summed E-state index contributed by atoms with van der Waals surface area (Å²) >= 11 is 0. The Morgan fingerprint density at radius 3 is 2.46 bits per heavy atom. The van der Waals surface area contributed by atoms with Gasteiger partial charge in [0.2, 0.25) is 0 Å². The van der Waals surface area contributed by atoms with Crippen molar-refractivity contribution in [2.24, 2.45) is 16.8 Å². The van der Waals surface area contributed by atoms with E-state index in [-0.39, 0.29) is 24.0 Å². The molecule has 0 saturated heterocycles. The Hall–Kier alpha value is -0.0800. The Kier molecular flexibility index (Phi) is 15.1. The molecule has 0 heterocycles. The number of nitrogens with zero attached hydrogens (tertiary/aromatic N) is 2. The minimum absolute atomic E-state index is 0. The van der Waals surface area contributed by atoms with Gasteiger partial charge in [-0.2, -0.15) is 0 Å². The minimum atomic E-state index is 0. The smallest absolute Gasteiger partial charge is 0.193 e. The van der Waals surface area contributed by atoms with Crippen LogP contribution in [0.1, 0.15) is 45.4 Å².